The molecule has 3 rings (SSSR count). The van der Waals surface area contributed by atoms with Crippen LogP contribution in [0.1, 0.15) is 420 Å². The molecule has 652 valence electrons. The number of ether oxygens (including phenoxy) is 5. The van der Waals surface area contributed by atoms with E-state index in [0.29, 0.717) is 32.1 Å². The molecule has 0 unspecified atom stereocenters. The van der Waals surface area contributed by atoms with Crippen LogP contribution in [-0.2, 0) is 24.0 Å². The quantitative estimate of drug-likeness (QED) is 0.0228. The molecule has 0 fully saturated rings. The van der Waals surface area contributed by atoms with E-state index in [0.717, 1.165) is 225 Å². The van der Waals surface area contributed by atoms with Crippen molar-refractivity contribution in [2.24, 2.45) is 0 Å². The average molecular weight is 1610 g/mol. The van der Waals surface area contributed by atoms with E-state index < -0.39 is 41.0 Å². The lowest BCUT2D eigenvalue weighted by Gasteiger charge is -2.16. The maximum absolute atomic E-state index is 15.5. The van der Waals surface area contributed by atoms with E-state index in [2.05, 4.69) is 156 Å². The van der Waals surface area contributed by atoms with Gasteiger partial charge in [-0.05, 0) is 211 Å². The zero-order valence-electron chi connectivity index (χ0n) is 74.3. The number of allylic oxidation sites excluding steroid dienone is 20. The van der Waals surface area contributed by atoms with Gasteiger partial charge in [-0.15, -0.1) is 0 Å². The normalized spacial score (nSPS) is 12.2. The molecule has 0 saturated heterocycles. The van der Waals surface area contributed by atoms with Gasteiger partial charge in [0, 0.05) is 49.8 Å². The minimum Gasteiger partial charge on any atom is -0.452 e. The number of rotatable bonds is 76. The minimum absolute atomic E-state index is 0.000598. The third-order valence-electron chi connectivity index (χ3n) is 20.9. The lowest BCUT2D eigenvalue weighted by Crippen LogP contribution is -2.18. The van der Waals surface area contributed by atoms with Crippen LogP contribution < -0.4 is 29.1 Å². The number of hydrogen-bond donors (Lipinski definition) is 0. The highest BCUT2D eigenvalue weighted by Gasteiger charge is 2.27. The molecule has 117 heavy (non-hydrogen) atoms. The first-order valence-corrected chi connectivity index (χ1v) is 47.4. The highest BCUT2D eigenvalue weighted by atomic mass is 16.6. The number of carbonyl (C=O) groups is 5. The Kier molecular flexibility index (Phi) is 67.1. The van der Waals surface area contributed by atoms with E-state index in [1.807, 2.05) is 0 Å². The molecule has 3 aromatic rings. The van der Waals surface area contributed by atoms with Crippen LogP contribution in [0.2, 0.25) is 0 Å². The topological polar surface area (TPSA) is 162 Å². The lowest BCUT2D eigenvalue weighted by molar-refractivity contribution is -0.137. The second-order valence-electron chi connectivity index (χ2n) is 31.8. The van der Waals surface area contributed by atoms with E-state index in [9.17, 15) is 24.0 Å². The molecule has 0 aliphatic carbocycles. The maximum Gasteiger partial charge on any atom is 0.311 e. The van der Waals surface area contributed by atoms with Gasteiger partial charge in [-0.2, -0.15) is 0 Å². The Morgan fingerprint density at radius 3 is 0.829 bits per heavy atom. The summed E-state index contributed by atoms with van der Waals surface area (Å²) in [6, 6.07) is 7.28. The molecule has 0 saturated carbocycles. The van der Waals surface area contributed by atoms with E-state index in [1.54, 1.807) is 6.07 Å². The summed E-state index contributed by atoms with van der Waals surface area (Å²) in [5, 5.41) is -0.191. The molecular weight excluding hydrogens is 1450 g/mol. The number of esters is 5. The third kappa shape index (κ3) is 57.3. The first-order chi connectivity index (χ1) is 57.5. The van der Waals surface area contributed by atoms with E-state index in [-0.39, 0.29) is 77.4 Å². The number of carbonyl (C=O) groups excluding carboxylic acids is 5. The van der Waals surface area contributed by atoms with E-state index in [1.165, 1.54) is 121 Å². The van der Waals surface area contributed by atoms with Crippen LogP contribution in [-0.4, -0.2) is 29.8 Å². The Bertz CT molecular complexity index is 3440. The predicted octanol–water partition coefficient (Wildman–Crippen LogP) is 32.1. The Morgan fingerprint density at radius 2 is 0.521 bits per heavy atom. The Balaban J connectivity index is 2.01. The summed E-state index contributed by atoms with van der Waals surface area (Å²) < 4.78 is 37.2. The Labute approximate surface area is 710 Å². The molecule has 0 N–H and O–H groups in total. The summed E-state index contributed by atoms with van der Waals surface area (Å²) in [7, 11) is 0. The van der Waals surface area contributed by atoms with Gasteiger partial charge in [0.15, 0.2) is 17.3 Å². The number of hydrogen-bond acceptors (Lipinski definition) is 12. The summed E-state index contributed by atoms with van der Waals surface area (Å²) in [6.07, 6.45) is 102. The molecule has 0 radical (unpaired) electrons. The summed E-state index contributed by atoms with van der Waals surface area (Å²) in [6.45, 7) is 11.1. The fourth-order valence-electron chi connectivity index (χ4n) is 13.8. The lowest BCUT2D eigenvalue weighted by atomic mass is 10.1. The molecule has 0 aliphatic rings. The standard InChI is InChI=1S/C105H160O12/c1-6-11-16-21-26-31-36-41-46-51-56-61-66-71-76-81-97(106)112-92-89-95(115-100(109)84-79-74-69-64-59-54-49-44-39-34-29-24-19-14-9-4)102-96(90-92)116-104(105(103(102)111)117-101(110)85-80-75-70-65-60-55-50-45-40-35-30-25-20-15-10-5)91-86-87-93(113-98(107)82-77-72-67-62-57-52-47-42-37-32-27-22-17-12-7-2)94(88-91)114-99(108)83-78-73-68-63-58-53-48-43-38-33-28-23-18-13-8-3/h26-35,41-50,86-90H,6-25,36-40,51-85H2,1-5H3/b31-26-,32-27-,33-28-,34-29-,35-30-,46-41-,47-42-,48-43-,49-44-,50-45-. The van der Waals surface area contributed by atoms with Crippen molar-refractivity contribution in [3.05, 3.63) is 162 Å². The van der Waals surface area contributed by atoms with Crippen molar-refractivity contribution < 1.29 is 52.1 Å². The van der Waals surface area contributed by atoms with Crippen molar-refractivity contribution in [3.8, 4) is 40.1 Å². The zero-order valence-corrected chi connectivity index (χ0v) is 74.3. The largest absolute Gasteiger partial charge is 0.452 e. The summed E-state index contributed by atoms with van der Waals surface area (Å²) in [5.41, 5.74) is -0.764. The van der Waals surface area contributed by atoms with Crippen molar-refractivity contribution >= 4 is 40.8 Å². The van der Waals surface area contributed by atoms with Gasteiger partial charge >= 0.3 is 29.8 Å². The molecule has 1 aromatic heterocycles. The van der Waals surface area contributed by atoms with Crippen molar-refractivity contribution in [3.63, 3.8) is 0 Å². The molecule has 12 heteroatoms. The van der Waals surface area contributed by atoms with E-state index in [4.69, 9.17) is 28.1 Å². The average Bonchev–Trinajstić information content (AvgIpc) is 0.753. The van der Waals surface area contributed by atoms with Crippen LogP contribution in [0.3, 0.4) is 0 Å². The highest BCUT2D eigenvalue weighted by molar-refractivity contribution is 5.92. The fraction of sp³-hybridized carbons (Fsp3) is 0.619. The van der Waals surface area contributed by atoms with Crippen molar-refractivity contribution in [1.82, 2.24) is 0 Å². The highest BCUT2D eigenvalue weighted by Crippen LogP contribution is 2.41. The molecule has 0 atom stereocenters. The van der Waals surface area contributed by atoms with E-state index >= 15 is 4.79 Å². The van der Waals surface area contributed by atoms with Gasteiger partial charge in [-0.25, -0.2) is 0 Å². The molecular formula is C105H160O12. The van der Waals surface area contributed by atoms with Crippen LogP contribution in [0, 0.1) is 0 Å². The maximum atomic E-state index is 15.5. The molecule has 0 amide bonds. The van der Waals surface area contributed by atoms with Gasteiger partial charge in [0.05, 0.1) is 0 Å². The monoisotopic (exact) mass is 1610 g/mol. The number of fused-ring (bicyclic) bond motifs is 1. The number of unbranched alkanes of at least 4 members (excludes halogenated alkanes) is 40. The van der Waals surface area contributed by atoms with Crippen molar-refractivity contribution in [1.29, 1.82) is 0 Å². The molecule has 1 heterocycles. The SMILES string of the molecule is CCCCC/C=C\C/C=C\CCCCCCCC(=O)Oc1cc(OC(=O)CCCCCCC/C=C\C/C=C\CCCCC)c2c(=O)c(OC(=O)CCCCCCC/C=C\C/C=C\CCCCC)c(-c3ccc(OC(=O)CCCCCCC/C=C\C/C=C\CCCCC)c(OC(=O)CCCCCCC/C=C\C/C=C\CCCCC)c3)oc2c1. The van der Waals surface area contributed by atoms with Gasteiger partial charge in [0.2, 0.25) is 11.2 Å². The third-order valence-corrected chi connectivity index (χ3v) is 20.9. The Morgan fingerprint density at radius 1 is 0.265 bits per heavy atom. The Hall–Kier alpha value is -7.60. The molecule has 0 aliphatic heterocycles. The van der Waals surface area contributed by atoms with Crippen LogP contribution in [0.25, 0.3) is 22.3 Å². The van der Waals surface area contributed by atoms with Gasteiger partial charge in [0.1, 0.15) is 22.5 Å². The van der Waals surface area contributed by atoms with Crippen LogP contribution >= 0.6 is 0 Å². The van der Waals surface area contributed by atoms with Gasteiger partial charge in [-0.3, -0.25) is 28.8 Å². The van der Waals surface area contributed by atoms with Crippen LogP contribution in [0.15, 0.2) is 161 Å². The summed E-state index contributed by atoms with van der Waals surface area (Å²) in [5.74, 6) is -3.77. The molecule has 0 bridgehead atoms. The van der Waals surface area contributed by atoms with Gasteiger partial charge in [0.25, 0.3) is 0 Å². The van der Waals surface area contributed by atoms with Crippen molar-refractivity contribution in [2.75, 3.05) is 0 Å². The van der Waals surface area contributed by atoms with Gasteiger partial charge in [-0.1, -0.05) is 317 Å². The fourth-order valence-corrected chi connectivity index (χ4v) is 13.8. The molecule has 0 spiro atoms. The second kappa shape index (κ2) is 75.8. The zero-order chi connectivity index (χ0) is 84.0. The first kappa shape index (κ1) is 104. The summed E-state index contributed by atoms with van der Waals surface area (Å²) in [4.78, 5) is 85.4. The predicted molar refractivity (Wildman–Crippen MR) is 493 cm³/mol. The van der Waals surface area contributed by atoms with Gasteiger partial charge < -0.3 is 28.1 Å². The first-order valence-electron chi connectivity index (χ1n) is 47.4. The van der Waals surface area contributed by atoms with Crippen LogP contribution in [0.5, 0.6) is 28.7 Å². The number of benzene rings is 2. The molecule has 12 nitrogen and oxygen atoms in total. The van der Waals surface area contributed by atoms with Crippen LogP contribution in [0.4, 0.5) is 0 Å². The smallest absolute Gasteiger partial charge is 0.311 e. The second-order valence-corrected chi connectivity index (χ2v) is 31.8. The van der Waals surface area contributed by atoms with Crippen molar-refractivity contribution in [2.45, 2.75) is 420 Å². The minimum atomic E-state index is -0.810. The summed E-state index contributed by atoms with van der Waals surface area (Å²) >= 11 is 0. The molecule has 2 aromatic carbocycles.